The third kappa shape index (κ3) is 11.9. The monoisotopic (exact) mass is 188 g/mol. The van der Waals surface area contributed by atoms with Crippen molar-refractivity contribution in [2.45, 2.75) is 58.0 Å². The van der Waals surface area contributed by atoms with Crippen molar-refractivity contribution in [1.82, 2.24) is 0 Å². The summed E-state index contributed by atoms with van der Waals surface area (Å²) in [6.07, 6.45) is 6.96. The summed E-state index contributed by atoms with van der Waals surface area (Å²) in [5, 5.41) is 9.44. The van der Waals surface area contributed by atoms with E-state index >= 15 is 0 Å². The third-order valence-electron chi connectivity index (χ3n) is 2.14. The highest BCUT2D eigenvalue weighted by atomic mass is 16.5. The molecular weight excluding hydrogens is 164 g/mol. The van der Waals surface area contributed by atoms with Crippen LogP contribution in [0, 0.1) is 0 Å². The first-order valence-electron chi connectivity index (χ1n) is 5.27. The van der Waals surface area contributed by atoms with E-state index in [0.717, 1.165) is 19.4 Å². The average molecular weight is 188 g/mol. The Hall–Kier alpha value is -0.0800. The molecule has 0 atom stereocenters. The predicted octanol–water partition coefficient (Wildman–Crippen LogP) is 2.74. The van der Waals surface area contributed by atoms with Gasteiger partial charge in [-0.25, -0.2) is 0 Å². The normalized spacial score (nSPS) is 12.0. The van der Waals surface area contributed by atoms with E-state index in [-0.39, 0.29) is 0 Å². The van der Waals surface area contributed by atoms with E-state index in [1.165, 1.54) is 25.7 Å². The van der Waals surface area contributed by atoms with Gasteiger partial charge in [-0.1, -0.05) is 25.7 Å². The molecule has 0 aromatic rings. The Labute approximate surface area is 82.3 Å². The molecular formula is C11H24O2. The first-order chi connectivity index (χ1) is 6.06. The largest absolute Gasteiger partial charge is 0.390 e. The average Bonchev–Trinajstić information content (AvgIpc) is 2.01. The summed E-state index contributed by atoms with van der Waals surface area (Å²) in [5.74, 6) is 0. The minimum atomic E-state index is -0.480. The molecule has 0 aliphatic carbocycles. The number of aliphatic hydroxyl groups is 1. The molecule has 0 rings (SSSR count). The Morgan fingerprint density at radius 2 is 1.54 bits per heavy atom. The molecule has 0 unspecified atom stereocenters. The maximum atomic E-state index is 9.44. The second kappa shape index (κ2) is 7.34. The molecule has 0 saturated heterocycles. The van der Waals surface area contributed by atoms with Crippen molar-refractivity contribution in [3.63, 3.8) is 0 Å². The Bertz CT molecular complexity index is 105. The summed E-state index contributed by atoms with van der Waals surface area (Å²) in [7, 11) is 1.74. The molecule has 13 heavy (non-hydrogen) atoms. The van der Waals surface area contributed by atoms with E-state index in [4.69, 9.17) is 4.74 Å². The highest BCUT2D eigenvalue weighted by Crippen LogP contribution is 2.14. The molecule has 0 heterocycles. The van der Waals surface area contributed by atoms with Gasteiger partial charge in [0.05, 0.1) is 5.60 Å². The van der Waals surface area contributed by atoms with Gasteiger partial charge in [-0.3, -0.25) is 0 Å². The quantitative estimate of drug-likeness (QED) is 0.593. The number of ether oxygens (including phenoxy) is 1. The van der Waals surface area contributed by atoms with Crippen molar-refractivity contribution >= 4 is 0 Å². The van der Waals surface area contributed by atoms with Crippen molar-refractivity contribution < 1.29 is 9.84 Å². The summed E-state index contributed by atoms with van der Waals surface area (Å²) in [6.45, 7) is 4.63. The van der Waals surface area contributed by atoms with Crippen LogP contribution >= 0.6 is 0 Å². The van der Waals surface area contributed by atoms with E-state index in [9.17, 15) is 5.11 Å². The summed E-state index contributed by atoms with van der Waals surface area (Å²) in [4.78, 5) is 0. The van der Waals surface area contributed by atoms with Crippen molar-refractivity contribution in [3.05, 3.63) is 0 Å². The molecule has 0 radical (unpaired) electrons. The van der Waals surface area contributed by atoms with E-state index in [2.05, 4.69) is 0 Å². The molecule has 0 aromatic heterocycles. The van der Waals surface area contributed by atoms with Gasteiger partial charge in [0.15, 0.2) is 0 Å². The molecule has 0 bridgehead atoms. The minimum absolute atomic E-state index is 0.480. The number of hydrogen-bond donors (Lipinski definition) is 1. The predicted molar refractivity (Wildman–Crippen MR) is 55.9 cm³/mol. The van der Waals surface area contributed by atoms with Gasteiger partial charge in [-0.05, 0) is 26.7 Å². The van der Waals surface area contributed by atoms with Crippen LogP contribution in [0.25, 0.3) is 0 Å². The summed E-state index contributed by atoms with van der Waals surface area (Å²) in [6, 6.07) is 0. The maximum absolute atomic E-state index is 9.44. The molecule has 0 fully saturated rings. The zero-order valence-corrected chi connectivity index (χ0v) is 9.31. The van der Waals surface area contributed by atoms with Crippen LogP contribution in [-0.2, 0) is 4.74 Å². The molecule has 2 heteroatoms. The van der Waals surface area contributed by atoms with Crippen molar-refractivity contribution in [1.29, 1.82) is 0 Å². The van der Waals surface area contributed by atoms with Crippen LogP contribution in [0.3, 0.4) is 0 Å². The summed E-state index contributed by atoms with van der Waals surface area (Å²) >= 11 is 0. The molecule has 0 spiro atoms. The smallest absolute Gasteiger partial charge is 0.0591 e. The number of hydrogen-bond acceptors (Lipinski definition) is 2. The van der Waals surface area contributed by atoms with Crippen LogP contribution in [-0.4, -0.2) is 24.4 Å². The van der Waals surface area contributed by atoms with Gasteiger partial charge >= 0.3 is 0 Å². The highest BCUT2D eigenvalue weighted by molar-refractivity contribution is 4.64. The molecule has 1 N–H and O–H groups in total. The lowest BCUT2D eigenvalue weighted by Gasteiger charge is -2.16. The molecule has 80 valence electrons. The Morgan fingerprint density at radius 3 is 2.08 bits per heavy atom. The Kier molecular flexibility index (Phi) is 7.29. The molecule has 0 saturated carbocycles. The zero-order valence-electron chi connectivity index (χ0n) is 9.31. The van der Waals surface area contributed by atoms with Gasteiger partial charge in [-0.15, -0.1) is 0 Å². The minimum Gasteiger partial charge on any atom is -0.390 e. The summed E-state index contributed by atoms with van der Waals surface area (Å²) < 4.78 is 4.96. The number of rotatable bonds is 8. The summed E-state index contributed by atoms with van der Waals surface area (Å²) in [5.41, 5.74) is -0.480. The van der Waals surface area contributed by atoms with Crippen LogP contribution < -0.4 is 0 Å². The molecule has 0 aromatic carbocycles. The topological polar surface area (TPSA) is 29.5 Å². The van der Waals surface area contributed by atoms with Crippen LogP contribution in [0.15, 0.2) is 0 Å². The third-order valence-corrected chi connectivity index (χ3v) is 2.14. The fourth-order valence-electron chi connectivity index (χ4n) is 1.33. The van der Waals surface area contributed by atoms with Gasteiger partial charge in [0.1, 0.15) is 0 Å². The maximum Gasteiger partial charge on any atom is 0.0591 e. The van der Waals surface area contributed by atoms with Crippen LogP contribution in [0.1, 0.15) is 52.4 Å². The van der Waals surface area contributed by atoms with E-state index in [0.29, 0.717) is 0 Å². The molecule has 0 aliphatic heterocycles. The van der Waals surface area contributed by atoms with Crippen LogP contribution in [0.5, 0.6) is 0 Å². The molecule has 0 aliphatic rings. The first kappa shape index (κ1) is 12.9. The van der Waals surface area contributed by atoms with Gasteiger partial charge < -0.3 is 9.84 Å². The number of unbranched alkanes of at least 4 members (excludes halogenated alkanes) is 4. The highest BCUT2D eigenvalue weighted by Gasteiger charge is 2.10. The van der Waals surface area contributed by atoms with Gasteiger partial charge in [0.2, 0.25) is 0 Å². The van der Waals surface area contributed by atoms with Gasteiger partial charge in [-0.2, -0.15) is 0 Å². The van der Waals surface area contributed by atoms with Gasteiger partial charge in [0.25, 0.3) is 0 Å². The second-order valence-electron chi connectivity index (χ2n) is 4.32. The SMILES string of the molecule is COCCCCCCCC(C)(C)O. The van der Waals surface area contributed by atoms with Crippen molar-refractivity contribution in [3.8, 4) is 0 Å². The lowest BCUT2D eigenvalue weighted by molar-refractivity contribution is 0.0679. The second-order valence-corrected chi connectivity index (χ2v) is 4.32. The Balaban J connectivity index is 3.00. The zero-order chi connectivity index (χ0) is 10.2. The van der Waals surface area contributed by atoms with Crippen LogP contribution in [0.2, 0.25) is 0 Å². The fraction of sp³-hybridized carbons (Fsp3) is 1.00. The van der Waals surface area contributed by atoms with Crippen molar-refractivity contribution in [2.75, 3.05) is 13.7 Å². The number of methoxy groups -OCH3 is 1. The van der Waals surface area contributed by atoms with E-state index in [1.807, 2.05) is 13.8 Å². The molecule has 0 amide bonds. The Morgan fingerprint density at radius 1 is 1.00 bits per heavy atom. The van der Waals surface area contributed by atoms with E-state index < -0.39 is 5.60 Å². The molecule has 2 nitrogen and oxygen atoms in total. The lowest BCUT2D eigenvalue weighted by Crippen LogP contribution is -2.17. The van der Waals surface area contributed by atoms with Crippen molar-refractivity contribution in [2.24, 2.45) is 0 Å². The fourth-order valence-corrected chi connectivity index (χ4v) is 1.33. The van der Waals surface area contributed by atoms with E-state index in [1.54, 1.807) is 7.11 Å². The van der Waals surface area contributed by atoms with Crippen LogP contribution in [0.4, 0.5) is 0 Å². The standard InChI is InChI=1S/C11H24O2/c1-11(2,12)9-7-5-4-6-8-10-13-3/h12H,4-10H2,1-3H3. The lowest BCUT2D eigenvalue weighted by atomic mass is 10.00. The first-order valence-corrected chi connectivity index (χ1v) is 5.27. The van der Waals surface area contributed by atoms with Gasteiger partial charge in [0, 0.05) is 13.7 Å².